The molecule has 148 valence electrons. The Morgan fingerprint density at radius 2 is 2.04 bits per heavy atom. The van der Waals surface area contributed by atoms with E-state index in [4.69, 9.17) is 0 Å². The summed E-state index contributed by atoms with van der Waals surface area (Å²) in [5.74, 6) is 2.00. The van der Waals surface area contributed by atoms with Gasteiger partial charge in [0.15, 0.2) is 5.96 Å². The summed E-state index contributed by atoms with van der Waals surface area (Å²) in [7, 11) is 1.85. The van der Waals surface area contributed by atoms with Crippen LogP contribution >= 0.6 is 24.0 Å². The second kappa shape index (κ2) is 13.1. The van der Waals surface area contributed by atoms with Crippen LogP contribution in [0, 0.1) is 0 Å². The Morgan fingerprint density at radius 3 is 2.62 bits per heavy atom. The van der Waals surface area contributed by atoms with Gasteiger partial charge >= 0.3 is 0 Å². The van der Waals surface area contributed by atoms with E-state index in [1.54, 1.807) is 0 Å². The van der Waals surface area contributed by atoms with Crippen molar-refractivity contribution in [3.05, 3.63) is 24.4 Å². The van der Waals surface area contributed by atoms with Crippen molar-refractivity contribution in [3.8, 4) is 0 Å². The van der Waals surface area contributed by atoms with Gasteiger partial charge in [-0.05, 0) is 44.5 Å². The summed E-state index contributed by atoms with van der Waals surface area (Å²) in [6, 6.07) is 6.58. The summed E-state index contributed by atoms with van der Waals surface area (Å²) in [6.07, 6.45) is 5.28. The maximum Gasteiger partial charge on any atom is 0.191 e. The van der Waals surface area contributed by atoms with Crippen molar-refractivity contribution in [2.45, 2.75) is 39.2 Å². The first-order valence-corrected chi connectivity index (χ1v) is 9.62. The topological polar surface area (TPSA) is 55.8 Å². The van der Waals surface area contributed by atoms with Gasteiger partial charge in [-0.1, -0.05) is 19.9 Å². The number of guanidine groups is 1. The molecule has 0 aromatic carbocycles. The number of anilines is 1. The van der Waals surface area contributed by atoms with E-state index in [-0.39, 0.29) is 24.0 Å². The Labute approximate surface area is 175 Å². The van der Waals surface area contributed by atoms with Gasteiger partial charge in [0.25, 0.3) is 0 Å². The molecule has 0 radical (unpaired) electrons. The highest BCUT2D eigenvalue weighted by Gasteiger charge is 2.20. The smallest absolute Gasteiger partial charge is 0.191 e. The Balaban J connectivity index is 0.00000338. The molecule has 7 heteroatoms. The molecular formula is C19H35IN6. The Hall–Kier alpha value is -1.09. The lowest BCUT2D eigenvalue weighted by Gasteiger charge is -2.33. The zero-order valence-corrected chi connectivity index (χ0v) is 18.8. The number of pyridine rings is 1. The summed E-state index contributed by atoms with van der Waals surface area (Å²) >= 11 is 0. The fourth-order valence-corrected chi connectivity index (χ4v) is 3.26. The van der Waals surface area contributed by atoms with E-state index < -0.39 is 0 Å². The fourth-order valence-electron chi connectivity index (χ4n) is 3.26. The van der Waals surface area contributed by atoms with Gasteiger partial charge in [-0.2, -0.15) is 0 Å². The van der Waals surface area contributed by atoms with Crippen LogP contribution in [-0.2, 0) is 0 Å². The molecule has 0 saturated carbocycles. The van der Waals surface area contributed by atoms with Crippen LogP contribution < -0.4 is 15.5 Å². The summed E-state index contributed by atoms with van der Waals surface area (Å²) in [4.78, 5) is 13.7. The summed E-state index contributed by atoms with van der Waals surface area (Å²) in [5.41, 5.74) is 0. The number of halogens is 1. The number of rotatable bonds is 8. The van der Waals surface area contributed by atoms with Gasteiger partial charge in [0, 0.05) is 45.5 Å². The first-order chi connectivity index (χ1) is 12.3. The third-order valence-electron chi connectivity index (χ3n) is 4.74. The van der Waals surface area contributed by atoms with Crippen LogP contribution in [0.3, 0.4) is 0 Å². The van der Waals surface area contributed by atoms with E-state index in [9.17, 15) is 0 Å². The average Bonchev–Trinajstić information content (AvgIpc) is 2.67. The van der Waals surface area contributed by atoms with E-state index in [1.807, 2.05) is 19.3 Å². The van der Waals surface area contributed by atoms with Gasteiger partial charge in [-0.15, -0.1) is 24.0 Å². The number of likely N-dealkylation sites (N-methyl/N-ethyl adjacent to an activating group) is 1. The zero-order valence-electron chi connectivity index (χ0n) is 16.4. The molecule has 0 bridgehead atoms. The molecule has 2 heterocycles. The number of aliphatic imine (C=N–C) groups is 1. The molecule has 0 unspecified atom stereocenters. The van der Waals surface area contributed by atoms with Crippen molar-refractivity contribution >= 4 is 35.8 Å². The second-order valence-corrected chi connectivity index (χ2v) is 6.53. The average molecular weight is 474 g/mol. The van der Waals surface area contributed by atoms with Gasteiger partial charge in [0.05, 0.1) is 0 Å². The van der Waals surface area contributed by atoms with Crippen LogP contribution in [0.5, 0.6) is 0 Å². The van der Waals surface area contributed by atoms with Crippen molar-refractivity contribution in [1.29, 1.82) is 0 Å². The van der Waals surface area contributed by atoms with Crippen molar-refractivity contribution in [2.24, 2.45) is 4.99 Å². The van der Waals surface area contributed by atoms with E-state index in [2.05, 4.69) is 56.4 Å². The third-order valence-corrected chi connectivity index (χ3v) is 4.74. The highest BCUT2D eigenvalue weighted by molar-refractivity contribution is 14.0. The van der Waals surface area contributed by atoms with Crippen LogP contribution in [-0.4, -0.2) is 68.2 Å². The van der Waals surface area contributed by atoms with Crippen molar-refractivity contribution < 1.29 is 0 Å². The predicted octanol–water partition coefficient (Wildman–Crippen LogP) is 2.57. The van der Waals surface area contributed by atoms with Crippen LogP contribution in [0.2, 0.25) is 0 Å². The van der Waals surface area contributed by atoms with Gasteiger partial charge in [-0.3, -0.25) is 4.99 Å². The molecule has 0 spiro atoms. The molecular weight excluding hydrogens is 439 g/mol. The Kier molecular flexibility index (Phi) is 11.6. The number of nitrogens with zero attached hydrogens (tertiary/aromatic N) is 4. The number of piperidine rings is 1. The fraction of sp³-hybridized carbons (Fsp3) is 0.684. The summed E-state index contributed by atoms with van der Waals surface area (Å²) in [6.45, 7) is 10.8. The minimum Gasteiger partial charge on any atom is -0.356 e. The summed E-state index contributed by atoms with van der Waals surface area (Å²) in [5, 5.41) is 7.03. The monoisotopic (exact) mass is 474 g/mol. The largest absolute Gasteiger partial charge is 0.356 e. The van der Waals surface area contributed by atoms with Crippen LogP contribution in [0.1, 0.15) is 33.1 Å². The summed E-state index contributed by atoms with van der Waals surface area (Å²) < 4.78 is 0. The lowest BCUT2D eigenvalue weighted by atomic mass is 10.1. The number of nitrogens with one attached hydrogen (secondary N) is 2. The molecule has 2 rings (SSSR count). The number of hydrogen-bond acceptors (Lipinski definition) is 4. The third kappa shape index (κ3) is 7.65. The minimum atomic E-state index is 0. The number of aromatic nitrogens is 1. The zero-order chi connectivity index (χ0) is 17.9. The SMILES string of the molecule is CCCN(CC)CCNC(=NC)NC1CCN(c2ccccn2)CC1.I. The maximum atomic E-state index is 4.45. The van der Waals surface area contributed by atoms with Crippen molar-refractivity contribution in [1.82, 2.24) is 20.5 Å². The van der Waals surface area contributed by atoms with Gasteiger partial charge in [0.1, 0.15) is 5.82 Å². The van der Waals surface area contributed by atoms with E-state index in [0.717, 1.165) is 63.9 Å². The second-order valence-electron chi connectivity index (χ2n) is 6.53. The minimum absolute atomic E-state index is 0. The Morgan fingerprint density at radius 1 is 1.27 bits per heavy atom. The number of hydrogen-bond donors (Lipinski definition) is 2. The van der Waals surface area contributed by atoms with Gasteiger partial charge in [0.2, 0.25) is 0 Å². The van der Waals surface area contributed by atoms with Gasteiger partial charge in [-0.25, -0.2) is 4.98 Å². The molecule has 0 atom stereocenters. The van der Waals surface area contributed by atoms with E-state index in [0.29, 0.717) is 6.04 Å². The normalized spacial score (nSPS) is 15.7. The molecule has 26 heavy (non-hydrogen) atoms. The molecule has 0 amide bonds. The molecule has 1 saturated heterocycles. The quantitative estimate of drug-likeness (QED) is 0.345. The predicted molar refractivity (Wildman–Crippen MR) is 122 cm³/mol. The molecule has 1 aromatic rings. The molecule has 0 aliphatic carbocycles. The first kappa shape index (κ1) is 23.0. The Bertz CT molecular complexity index is 502. The lowest BCUT2D eigenvalue weighted by molar-refractivity contribution is 0.292. The molecule has 1 aliphatic rings. The molecule has 6 nitrogen and oxygen atoms in total. The van der Waals surface area contributed by atoms with E-state index >= 15 is 0 Å². The molecule has 1 aliphatic heterocycles. The van der Waals surface area contributed by atoms with Crippen LogP contribution in [0.25, 0.3) is 0 Å². The van der Waals surface area contributed by atoms with Gasteiger partial charge < -0.3 is 20.4 Å². The highest BCUT2D eigenvalue weighted by atomic mass is 127. The van der Waals surface area contributed by atoms with Crippen molar-refractivity contribution in [2.75, 3.05) is 51.2 Å². The van der Waals surface area contributed by atoms with Crippen LogP contribution in [0.4, 0.5) is 5.82 Å². The first-order valence-electron chi connectivity index (χ1n) is 9.62. The van der Waals surface area contributed by atoms with Crippen molar-refractivity contribution in [3.63, 3.8) is 0 Å². The lowest BCUT2D eigenvalue weighted by Crippen LogP contribution is -2.50. The standard InChI is InChI=1S/C19H34N6.HI/c1-4-13-24(5-2)16-12-22-19(20-3)23-17-9-14-25(15-10-17)18-8-6-7-11-21-18;/h6-8,11,17H,4-5,9-10,12-16H2,1-3H3,(H2,20,22,23);1H. The van der Waals surface area contributed by atoms with E-state index in [1.165, 1.54) is 6.42 Å². The maximum absolute atomic E-state index is 4.45. The van der Waals surface area contributed by atoms with Crippen LogP contribution in [0.15, 0.2) is 29.4 Å². The molecule has 1 aromatic heterocycles. The molecule has 1 fully saturated rings. The molecule has 2 N–H and O–H groups in total. The highest BCUT2D eigenvalue weighted by Crippen LogP contribution is 2.17.